The highest BCUT2D eigenvalue weighted by Gasteiger charge is 2.17. The Balaban J connectivity index is 2.08. The number of rotatable bonds is 5. The minimum Gasteiger partial charge on any atom is -0.426 e. The van der Waals surface area contributed by atoms with Crippen molar-refractivity contribution in [1.82, 2.24) is 0 Å². The lowest BCUT2D eigenvalue weighted by atomic mass is 9.98. The minimum absolute atomic E-state index is 0.229. The summed E-state index contributed by atoms with van der Waals surface area (Å²) in [4.78, 5) is 12.2. The van der Waals surface area contributed by atoms with Crippen LogP contribution in [0.4, 0.5) is 0 Å². The standard InChI is InChI=1S/C17H17BrO2/c1-13(15-7-5-6-14(12-15)10-11-18)17(19)20-16-8-3-2-4-9-16/h2-9,12-13H,10-11H2,1H3. The van der Waals surface area contributed by atoms with Gasteiger partial charge in [0, 0.05) is 5.33 Å². The van der Waals surface area contributed by atoms with Crippen molar-refractivity contribution in [2.24, 2.45) is 0 Å². The van der Waals surface area contributed by atoms with Crippen LogP contribution < -0.4 is 4.74 Å². The molecule has 0 saturated carbocycles. The van der Waals surface area contributed by atoms with Crippen LogP contribution in [0.2, 0.25) is 0 Å². The van der Waals surface area contributed by atoms with E-state index < -0.39 is 0 Å². The third-order valence-corrected chi connectivity index (χ3v) is 3.55. The first-order chi connectivity index (χ1) is 9.70. The van der Waals surface area contributed by atoms with Crippen LogP contribution >= 0.6 is 15.9 Å². The van der Waals surface area contributed by atoms with Gasteiger partial charge in [-0.3, -0.25) is 4.79 Å². The number of alkyl halides is 1. The average Bonchev–Trinajstić information content (AvgIpc) is 2.48. The lowest BCUT2D eigenvalue weighted by Crippen LogP contribution is -2.16. The summed E-state index contributed by atoms with van der Waals surface area (Å²) in [5.41, 5.74) is 2.21. The van der Waals surface area contributed by atoms with Gasteiger partial charge in [0.25, 0.3) is 0 Å². The Kier molecular flexibility index (Phi) is 5.36. The Bertz CT molecular complexity index is 566. The molecule has 0 aliphatic heterocycles. The molecule has 0 aliphatic carbocycles. The molecule has 0 saturated heterocycles. The van der Waals surface area contributed by atoms with Crippen LogP contribution in [0.1, 0.15) is 24.0 Å². The zero-order valence-corrected chi connectivity index (χ0v) is 13.0. The van der Waals surface area contributed by atoms with Crippen LogP contribution in [0.15, 0.2) is 54.6 Å². The molecule has 2 aromatic carbocycles. The van der Waals surface area contributed by atoms with Gasteiger partial charge in [0.1, 0.15) is 5.75 Å². The van der Waals surface area contributed by atoms with Crippen molar-refractivity contribution >= 4 is 21.9 Å². The third-order valence-electron chi connectivity index (χ3n) is 3.15. The maximum Gasteiger partial charge on any atom is 0.318 e. The van der Waals surface area contributed by atoms with Crippen molar-refractivity contribution in [3.8, 4) is 5.75 Å². The highest BCUT2D eigenvalue weighted by molar-refractivity contribution is 9.09. The van der Waals surface area contributed by atoms with Gasteiger partial charge in [-0.15, -0.1) is 0 Å². The molecule has 2 rings (SSSR count). The van der Waals surface area contributed by atoms with Gasteiger partial charge in [-0.2, -0.15) is 0 Å². The van der Waals surface area contributed by atoms with Gasteiger partial charge in [-0.1, -0.05) is 58.4 Å². The van der Waals surface area contributed by atoms with E-state index >= 15 is 0 Å². The van der Waals surface area contributed by atoms with Gasteiger partial charge in [0.15, 0.2) is 0 Å². The Labute approximate surface area is 127 Å². The molecular formula is C17H17BrO2. The van der Waals surface area contributed by atoms with Crippen LogP contribution in [0, 0.1) is 0 Å². The van der Waals surface area contributed by atoms with Crippen LogP contribution in [0.3, 0.4) is 0 Å². The molecule has 1 atom stereocenters. The normalized spacial score (nSPS) is 11.9. The smallest absolute Gasteiger partial charge is 0.318 e. The van der Waals surface area contributed by atoms with E-state index in [2.05, 4.69) is 28.1 Å². The minimum atomic E-state index is -0.273. The molecule has 0 bridgehead atoms. The predicted octanol–water partition coefficient (Wildman–Crippen LogP) is 4.33. The molecule has 1 unspecified atom stereocenters. The fraction of sp³-hybridized carbons (Fsp3) is 0.235. The van der Waals surface area contributed by atoms with E-state index in [1.165, 1.54) is 5.56 Å². The molecular weight excluding hydrogens is 316 g/mol. The van der Waals surface area contributed by atoms with Crippen molar-refractivity contribution in [1.29, 1.82) is 0 Å². The van der Waals surface area contributed by atoms with Gasteiger partial charge >= 0.3 is 5.97 Å². The van der Waals surface area contributed by atoms with E-state index in [-0.39, 0.29) is 11.9 Å². The summed E-state index contributed by atoms with van der Waals surface area (Å²) in [6, 6.07) is 17.3. The Hall–Kier alpha value is -1.61. The molecule has 104 valence electrons. The van der Waals surface area contributed by atoms with Gasteiger partial charge < -0.3 is 4.74 Å². The second kappa shape index (κ2) is 7.25. The maximum atomic E-state index is 12.2. The van der Waals surface area contributed by atoms with Crippen LogP contribution in [0.25, 0.3) is 0 Å². The number of carbonyl (C=O) groups is 1. The van der Waals surface area contributed by atoms with E-state index in [1.807, 2.05) is 37.3 Å². The highest BCUT2D eigenvalue weighted by Crippen LogP contribution is 2.20. The third kappa shape index (κ3) is 3.94. The molecule has 20 heavy (non-hydrogen) atoms. The Morgan fingerprint density at radius 2 is 1.90 bits per heavy atom. The number of esters is 1. The van der Waals surface area contributed by atoms with E-state index in [1.54, 1.807) is 12.1 Å². The largest absolute Gasteiger partial charge is 0.426 e. The lowest BCUT2D eigenvalue weighted by Gasteiger charge is -2.12. The molecule has 0 spiro atoms. The molecule has 3 heteroatoms. The van der Waals surface area contributed by atoms with Gasteiger partial charge in [-0.05, 0) is 36.6 Å². The SMILES string of the molecule is CC(C(=O)Oc1ccccc1)c1cccc(CCBr)c1. The summed E-state index contributed by atoms with van der Waals surface area (Å²) in [5.74, 6) is 0.0821. The predicted molar refractivity (Wildman–Crippen MR) is 84.4 cm³/mol. The highest BCUT2D eigenvalue weighted by atomic mass is 79.9. The first-order valence-electron chi connectivity index (χ1n) is 6.62. The fourth-order valence-corrected chi connectivity index (χ4v) is 2.41. The summed E-state index contributed by atoms with van der Waals surface area (Å²) < 4.78 is 5.38. The van der Waals surface area contributed by atoms with Crippen LogP contribution in [-0.4, -0.2) is 11.3 Å². The van der Waals surface area contributed by atoms with Gasteiger partial charge in [-0.25, -0.2) is 0 Å². The van der Waals surface area contributed by atoms with Crippen LogP contribution in [-0.2, 0) is 11.2 Å². The molecule has 0 N–H and O–H groups in total. The zero-order valence-electron chi connectivity index (χ0n) is 11.4. The van der Waals surface area contributed by atoms with E-state index in [0.717, 1.165) is 17.3 Å². The summed E-state index contributed by atoms with van der Waals surface area (Å²) in [5, 5.41) is 0.916. The summed E-state index contributed by atoms with van der Waals surface area (Å²) >= 11 is 3.43. The molecule has 2 nitrogen and oxygen atoms in total. The van der Waals surface area contributed by atoms with Gasteiger partial charge in [0.05, 0.1) is 5.92 Å². The summed E-state index contributed by atoms with van der Waals surface area (Å²) in [7, 11) is 0. The van der Waals surface area contributed by atoms with Crippen molar-refractivity contribution in [2.45, 2.75) is 19.3 Å². The molecule has 0 radical (unpaired) electrons. The molecule has 0 heterocycles. The number of aryl methyl sites for hydroxylation is 1. The maximum absolute atomic E-state index is 12.2. The lowest BCUT2D eigenvalue weighted by molar-refractivity contribution is -0.135. The first kappa shape index (κ1) is 14.8. The van der Waals surface area contributed by atoms with E-state index in [0.29, 0.717) is 5.75 Å². The van der Waals surface area contributed by atoms with Crippen molar-refractivity contribution in [2.75, 3.05) is 5.33 Å². The van der Waals surface area contributed by atoms with E-state index in [9.17, 15) is 4.79 Å². The van der Waals surface area contributed by atoms with Crippen molar-refractivity contribution in [3.63, 3.8) is 0 Å². The number of para-hydroxylation sites is 1. The van der Waals surface area contributed by atoms with Gasteiger partial charge in [0.2, 0.25) is 0 Å². The second-order valence-electron chi connectivity index (χ2n) is 4.64. The molecule has 2 aromatic rings. The Morgan fingerprint density at radius 1 is 1.15 bits per heavy atom. The number of carbonyl (C=O) groups excluding carboxylic acids is 1. The molecule has 0 fully saturated rings. The number of ether oxygens (including phenoxy) is 1. The summed E-state index contributed by atoms with van der Waals surface area (Å²) in [6.07, 6.45) is 0.953. The van der Waals surface area contributed by atoms with Crippen LogP contribution in [0.5, 0.6) is 5.75 Å². The fourth-order valence-electron chi connectivity index (χ4n) is 1.96. The topological polar surface area (TPSA) is 26.3 Å². The van der Waals surface area contributed by atoms with Crippen molar-refractivity contribution in [3.05, 3.63) is 65.7 Å². The molecule has 0 amide bonds. The number of halogens is 1. The average molecular weight is 333 g/mol. The number of benzene rings is 2. The summed E-state index contributed by atoms with van der Waals surface area (Å²) in [6.45, 7) is 1.87. The zero-order chi connectivity index (χ0) is 14.4. The molecule has 0 aliphatic rings. The van der Waals surface area contributed by atoms with Crippen molar-refractivity contribution < 1.29 is 9.53 Å². The Morgan fingerprint density at radius 3 is 2.60 bits per heavy atom. The number of hydrogen-bond donors (Lipinski definition) is 0. The van der Waals surface area contributed by atoms with E-state index in [4.69, 9.17) is 4.74 Å². The first-order valence-corrected chi connectivity index (χ1v) is 7.74. The molecule has 0 aromatic heterocycles. The number of hydrogen-bond acceptors (Lipinski definition) is 2. The monoisotopic (exact) mass is 332 g/mol. The quantitative estimate of drug-likeness (QED) is 0.462. The second-order valence-corrected chi connectivity index (χ2v) is 5.43.